The van der Waals surface area contributed by atoms with E-state index in [1.54, 1.807) is 14.0 Å². The van der Waals surface area contributed by atoms with Crippen molar-refractivity contribution in [2.75, 3.05) is 20.2 Å². The van der Waals surface area contributed by atoms with E-state index in [1.165, 1.54) is 4.90 Å². The van der Waals surface area contributed by atoms with E-state index in [4.69, 9.17) is 4.74 Å². The molecule has 6 atom stereocenters. The number of rotatable bonds is 9. The lowest BCUT2D eigenvalue weighted by Crippen LogP contribution is -2.53. The van der Waals surface area contributed by atoms with Gasteiger partial charge in [-0.25, -0.2) is 0 Å². The number of likely N-dealkylation sites (N-methyl/N-ethyl adjacent to an activating group) is 1. The highest BCUT2D eigenvalue weighted by Gasteiger charge is 2.30. The molecule has 8 nitrogen and oxygen atoms in total. The lowest BCUT2D eigenvalue weighted by atomic mass is 9.89. The number of amides is 3. The third-order valence-corrected chi connectivity index (χ3v) is 7.70. The lowest BCUT2D eigenvalue weighted by molar-refractivity contribution is -0.144. The zero-order valence-electron chi connectivity index (χ0n) is 24.4. The van der Waals surface area contributed by atoms with Gasteiger partial charge < -0.3 is 25.4 Å². The maximum atomic E-state index is 13.2. The molecule has 216 valence electrons. The molecule has 0 aromatic carbocycles. The Labute approximate surface area is 225 Å². The highest BCUT2D eigenvalue weighted by atomic mass is 16.5. The van der Waals surface area contributed by atoms with Crippen LogP contribution in [0.25, 0.3) is 0 Å². The van der Waals surface area contributed by atoms with Gasteiger partial charge in [-0.05, 0) is 44.9 Å². The standard InChI is InChI=1S/C29H55N3O5/c1-7-9-17-30-28(35)22(4)19-26(33)25-18-21(3)15-12-10-11-13-16-24(14-8-2)37-20-27(34)32(6)23(5)29(36)31-25/h21-26,33H,7-20H2,1-6H3,(H,30,35)(H,31,36)/t21-,22-,23+,24?,25+,26+/m1/s1. The molecule has 3 N–H and O–H groups in total. The Bertz CT molecular complexity index is 674. The van der Waals surface area contributed by atoms with Gasteiger partial charge in [0.2, 0.25) is 17.7 Å². The van der Waals surface area contributed by atoms with E-state index < -0.39 is 18.2 Å². The van der Waals surface area contributed by atoms with Crippen LogP contribution in [-0.2, 0) is 19.1 Å². The summed E-state index contributed by atoms with van der Waals surface area (Å²) in [6.45, 7) is 10.5. The van der Waals surface area contributed by atoms with E-state index in [2.05, 4.69) is 31.4 Å². The van der Waals surface area contributed by atoms with Crippen LogP contribution in [0.2, 0.25) is 0 Å². The maximum absolute atomic E-state index is 13.2. The van der Waals surface area contributed by atoms with Crippen LogP contribution in [0.4, 0.5) is 0 Å². The van der Waals surface area contributed by atoms with Gasteiger partial charge in [-0.3, -0.25) is 14.4 Å². The number of hydrogen-bond donors (Lipinski definition) is 3. The van der Waals surface area contributed by atoms with Crippen molar-refractivity contribution in [1.29, 1.82) is 0 Å². The summed E-state index contributed by atoms with van der Waals surface area (Å²) >= 11 is 0. The average Bonchev–Trinajstić information content (AvgIpc) is 2.86. The van der Waals surface area contributed by atoms with Gasteiger partial charge in [0, 0.05) is 19.5 Å². The minimum Gasteiger partial charge on any atom is -0.391 e. The molecule has 8 heteroatoms. The van der Waals surface area contributed by atoms with Crippen molar-refractivity contribution >= 4 is 17.7 Å². The molecule has 0 spiro atoms. The maximum Gasteiger partial charge on any atom is 0.248 e. The highest BCUT2D eigenvalue weighted by Crippen LogP contribution is 2.22. The Morgan fingerprint density at radius 2 is 1.81 bits per heavy atom. The van der Waals surface area contributed by atoms with Crippen LogP contribution in [0.15, 0.2) is 0 Å². The van der Waals surface area contributed by atoms with E-state index in [1.807, 2.05) is 6.92 Å². The van der Waals surface area contributed by atoms with Crippen LogP contribution in [0.3, 0.4) is 0 Å². The molecule has 0 radical (unpaired) electrons. The zero-order valence-corrected chi connectivity index (χ0v) is 24.4. The van der Waals surface area contributed by atoms with Gasteiger partial charge in [0.25, 0.3) is 0 Å². The van der Waals surface area contributed by atoms with Crippen LogP contribution in [0.1, 0.15) is 112 Å². The van der Waals surface area contributed by atoms with Crippen molar-refractivity contribution in [3.63, 3.8) is 0 Å². The van der Waals surface area contributed by atoms with E-state index >= 15 is 0 Å². The number of unbranched alkanes of at least 4 members (excludes halogenated alkanes) is 1. The van der Waals surface area contributed by atoms with Crippen LogP contribution in [0.5, 0.6) is 0 Å². The number of aliphatic hydroxyl groups excluding tert-OH is 1. The molecule has 1 aliphatic rings. The van der Waals surface area contributed by atoms with Crippen molar-refractivity contribution in [2.45, 2.75) is 136 Å². The Hall–Kier alpha value is -1.67. The zero-order chi connectivity index (χ0) is 27.8. The molecule has 1 heterocycles. The summed E-state index contributed by atoms with van der Waals surface area (Å²) in [4.78, 5) is 39.8. The van der Waals surface area contributed by atoms with Gasteiger partial charge in [-0.15, -0.1) is 0 Å². The van der Waals surface area contributed by atoms with Crippen molar-refractivity contribution in [1.82, 2.24) is 15.5 Å². The number of aliphatic hydroxyl groups is 1. The Morgan fingerprint density at radius 3 is 2.46 bits per heavy atom. The van der Waals surface area contributed by atoms with Gasteiger partial charge in [-0.1, -0.05) is 72.6 Å². The van der Waals surface area contributed by atoms with Gasteiger partial charge >= 0.3 is 0 Å². The molecule has 0 saturated carbocycles. The van der Waals surface area contributed by atoms with Gasteiger partial charge in [0.15, 0.2) is 0 Å². The lowest BCUT2D eigenvalue weighted by Gasteiger charge is -2.31. The van der Waals surface area contributed by atoms with Crippen molar-refractivity contribution in [2.24, 2.45) is 11.8 Å². The SMILES string of the molecule is CCCCNC(=O)[C@H](C)C[C@H](O)[C@@H]1C[C@H](C)CCCCCCC(CCC)OCC(=O)N(C)[C@@H](C)C(=O)N1. The number of carbonyl (C=O) groups is 3. The smallest absolute Gasteiger partial charge is 0.248 e. The van der Waals surface area contributed by atoms with E-state index in [-0.39, 0.29) is 42.8 Å². The average molecular weight is 526 g/mol. The van der Waals surface area contributed by atoms with E-state index in [0.29, 0.717) is 18.9 Å². The first kappa shape index (κ1) is 33.4. The van der Waals surface area contributed by atoms with Crippen LogP contribution < -0.4 is 10.6 Å². The first-order valence-electron chi connectivity index (χ1n) is 14.7. The summed E-state index contributed by atoms with van der Waals surface area (Å²) in [5, 5.41) is 17.1. The number of carbonyl (C=O) groups excluding carboxylic acids is 3. The second-order valence-electron chi connectivity index (χ2n) is 11.2. The van der Waals surface area contributed by atoms with Crippen LogP contribution in [-0.4, -0.2) is 72.2 Å². The minimum atomic E-state index is -0.855. The largest absolute Gasteiger partial charge is 0.391 e. The van der Waals surface area contributed by atoms with Crippen molar-refractivity contribution in [3.05, 3.63) is 0 Å². The molecule has 1 unspecified atom stereocenters. The summed E-state index contributed by atoms with van der Waals surface area (Å²) in [5.41, 5.74) is 0. The van der Waals surface area contributed by atoms with Crippen LogP contribution in [0, 0.1) is 11.8 Å². The molecule has 0 aromatic heterocycles. The molecule has 0 aliphatic carbocycles. The topological polar surface area (TPSA) is 108 Å². The third kappa shape index (κ3) is 13.1. The molecule has 37 heavy (non-hydrogen) atoms. The van der Waals surface area contributed by atoms with E-state index in [0.717, 1.165) is 64.2 Å². The normalized spacial score (nSPS) is 27.2. The fourth-order valence-electron chi connectivity index (χ4n) is 4.90. The van der Waals surface area contributed by atoms with E-state index in [9.17, 15) is 19.5 Å². The van der Waals surface area contributed by atoms with Gasteiger partial charge in [0.1, 0.15) is 12.6 Å². The molecule has 3 amide bonds. The molecule has 1 fully saturated rings. The van der Waals surface area contributed by atoms with Crippen molar-refractivity contribution < 1.29 is 24.2 Å². The number of nitrogens with one attached hydrogen (secondary N) is 2. The molecule has 1 aliphatic heterocycles. The highest BCUT2D eigenvalue weighted by molar-refractivity contribution is 5.87. The number of hydrogen-bond acceptors (Lipinski definition) is 5. The van der Waals surface area contributed by atoms with Gasteiger partial charge in [-0.2, -0.15) is 0 Å². The molecule has 1 saturated heterocycles. The van der Waals surface area contributed by atoms with Gasteiger partial charge in [0.05, 0.1) is 18.2 Å². The molecular weight excluding hydrogens is 470 g/mol. The number of nitrogens with zero attached hydrogens (tertiary/aromatic N) is 1. The monoisotopic (exact) mass is 525 g/mol. The molecular formula is C29H55N3O5. The molecule has 0 aromatic rings. The fourth-order valence-corrected chi connectivity index (χ4v) is 4.90. The first-order chi connectivity index (χ1) is 17.6. The quantitative estimate of drug-likeness (QED) is 0.391. The molecule has 1 rings (SSSR count). The predicted molar refractivity (Wildman–Crippen MR) is 148 cm³/mol. The second kappa shape index (κ2) is 18.6. The predicted octanol–water partition coefficient (Wildman–Crippen LogP) is 4.19. The summed E-state index contributed by atoms with van der Waals surface area (Å²) in [6, 6.07) is -1.18. The fraction of sp³-hybridized carbons (Fsp3) is 0.897. The third-order valence-electron chi connectivity index (χ3n) is 7.70. The summed E-state index contributed by atoms with van der Waals surface area (Å²) in [6.07, 6.45) is 10.4. The van der Waals surface area contributed by atoms with Crippen LogP contribution >= 0.6 is 0 Å². The second-order valence-corrected chi connectivity index (χ2v) is 11.2. The van der Waals surface area contributed by atoms with Crippen molar-refractivity contribution in [3.8, 4) is 0 Å². The Morgan fingerprint density at radius 1 is 1.14 bits per heavy atom. The summed E-state index contributed by atoms with van der Waals surface area (Å²) in [7, 11) is 1.62. The minimum absolute atomic E-state index is 0.0352. The first-order valence-corrected chi connectivity index (χ1v) is 14.7. The Kier molecular flexibility index (Phi) is 16.7. The summed E-state index contributed by atoms with van der Waals surface area (Å²) in [5.74, 6) is -0.651. The molecule has 0 bridgehead atoms. The number of ether oxygens (including phenoxy) is 1. The summed E-state index contributed by atoms with van der Waals surface area (Å²) < 4.78 is 5.95. The Balaban J connectivity index is 2.93.